The van der Waals surface area contributed by atoms with E-state index in [4.69, 9.17) is 4.74 Å². The highest BCUT2D eigenvalue weighted by molar-refractivity contribution is 9.09. The molecular formula is C11H12BrFO. The third kappa shape index (κ3) is 3.14. The Labute approximate surface area is 91.7 Å². The number of allylic oxidation sites excluding steroid dienone is 1. The number of ether oxygens (including phenoxy) is 1. The molecule has 1 rings (SSSR count). The molecule has 0 atom stereocenters. The SMILES string of the molecule is COc1ccc(F)cc1C=CCCBr. The highest BCUT2D eigenvalue weighted by Crippen LogP contribution is 2.20. The maximum absolute atomic E-state index is 12.9. The van der Waals surface area contributed by atoms with Crippen molar-refractivity contribution in [3.8, 4) is 5.75 Å². The summed E-state index contributed by atoms with van der Waals surface area (Å²) in [5, 5.41) is 0.904. The van der Waals surface area contributed by atoms with Crippen molar-refractivity contribution in [2.45, 2.75) is 6.42 Å². The molecule has 0 aliphatic heterocycles. The second-order valence-electron chi connectivity index (χ2n) is 2.77. The first-order valence-electron chi connectivity index (χ1n) is 4.34. The highest BCUT2D eigenvalue weighted by atomic mass is 79.9. The zero-order valence-corrected chi connectivity index (χ0v) is 9.55. The number of benzene rings is 1. The van der Waals surface area contributed by atoms with Crippen LogP contribution in [0.1, 0.15) is 12.0 Å². The van der Waals surface area contributed by atoms with E-state index in [0.717, 1.165) is 17.3 Å². The van der Waals surface area contributed by atoms with Crippen LogP contribution in [0.3, 0.4) is 0 Å². The predicted octanol–water partition coefficient (Wildman–Crippen LogP) is 3.63. The van der Waals surface area contributed by atoms with Crippen molar-refractivity contribution in [2.24, 2.45) is 0 Å². The summed E-state index contributed by atoms with van der Waals surface area (Å²) in [7, 11) is 1.58. The molecule has 0 aromatic heterocycles. The lowest BCUT2D eigenvalue weighted by Crippen LogP contribution is -1.87. The van der Waals surface area contributed by atoms with Crippen molar-refractivity contribution in [1.82, 2.24) is 0 Å². The van der Waals surface area contributed by atoms with Crippen LogP contribution in [0.5, 0.6) is 5.75 Å². The van der Waals surface area contributed by atoms with E-state index >= 15 is 0 Å². The zero-order valence-electron chi connectivity index (χ0n) is 7.97. The lowest BCUT2D eigenvalue weighted by atomic mass is 10.1. The van der Waals surface area contributed by atoms with E-state index in [0.29, 0.717) is 5.75 Å². The molecule has 0 unspecified atom stereocenters. The van der Waals surface area contributed by atoms with Gasteiger partial charge in [-0.05, 0) is 24.6 Å². The summed E-state index contributed by atoms with van der Waals surface area (Å²) in [6.45, 7) is 0. The van der Waals surface area contributed by atoms with Crippen LogP contribution in [0, 0.1) is 5.82 Å². The second-order valence-corrected chi connectivity index (χ2v) is 3.56. The molecular weight excluding hydrogens is 247 g/mol. The lowest BCUT2D eigenvalue weighted by molar-refractivity contribution is 0.412. The topological polar surface area (TPSA) is 9.23 Å². The Bertz CT molecular complexity index is 323. The molecule has 1 aromatic carbocycles. The van der Waals surface area contributed by atoms with Crippen molar-refractivity contribution in [1.29, 1.82) is 0 Å². The summed E-state index contributed by atoms with van der Waals surface area (Å²) in [6, 6.07) is 4.48. The quantitative estimate of drug-likeness (QED) is 0.750. The Kier molecular flexibility index (Phi) is 4.66. The molecule has 0 radical (unpaired) electrons. The molecule has 14 heavy (non-hydrogen) atoms. The summed E-state index contributed by atoms with van der Waals surface area (Å²) >= 11 is 3.32. The van der Waals surface area contributed by atoms with Gasteiger partial charge in [0.2, 0.25) is 0 Å². The van der Waals surface area contributed by atoms with Crippen LogP contribution < -0.4 is 4.74 Å². The van der Waals surface area contributed by atoms with Crippen LogP contribution >= 0.6 is 15.9 Å². The van der Waals surface area contributed by atoms with Gasteiger partial charge in [-0.1, -0.05) is 28.1 Å². The van der Waals surface area contributed by atoms with Crippen molar-refractivity contribution in [2.75, 3.05) is 12.4 Å². The van der Waals surface area contributed by atoms with Gasteiger partial charge in [-0.15, -0.1) is 0 Å². The number of hydrogen-bond donors (Lipinski definition) is 0. The molecule has 0 spiro atoms. The first-order chi connectivity index (χ1) is 6.77. The van der Waals surface area contributed by atoms with Gasteiger partial charge in [0.1, 0.15) is 11.6 Å². The smallest absolute Gasteiger partial charge is 0.126 e. The summed E-state index contributed by atoms with van der Waals surface area (Å²) in [5.41, 5.74) is 0.772. The van der Waals surface area contributed by atoms with Crippen molar-refractivity contribution >= 4 is 22.0 Å². The van der Waals surface area contributed by atoms with E-state index in [2.05, 4.69) is 15.9 Å². The molecule has 0 aliphatic carbocycles. The summed E-state index contributed by atoms with van der Waals surface area (Å²) in [6.07, 6.45) is 4.76. The molecule has 0 N–H and O–H groups in total. The van der Waals surface area contributed by atoms with Crippen LogP contribution in [0.2, 0.25) is 0 Å². The van der Waals surface area contributed by atoms with Crippen LogP contribution in [-0.4, -0.2) is 12.4 Å². The molecule has 1 nitrogen and oxygen atoms in total. The third-order valence-electron chi connectivity index (χ3n) is 1.76. The van der Waals surface area contributed by atoms with Gasteiger partial charge in [0.05, 0.1) is 7.11 Å². The molecule has 0 fully saturated rings. The summed E-state index contributed by atoms with van der Waals surface area (Å²) < 4.78 is 18.0. The number of alkyl halides is 1. The summed E-state index contributed by atoms with van der Waals surface area (Å²) in [4.78, 5) is 0. The van der Waals surface area contributed by atoms with E-state index in [1.165, 1.54) is 12.1 Å². The van der Waals surface area contributed by atoms with Gasteiger partial charge >= 0.3 is 0 Å². The predicted molar refractivity (Wildman–Crippen MR) is 60.4 cm³/mol. The van der Waals surface area contributed by atoms with E-state index in [-0.39, 0.29) is 5.82 Å². The maximum Gasteiger partial charge on any atom is 0.126 e. The monoisotopic (exact) mass is 258 g/mol. The van der Waals surface area contributed by atoms with Gasteiger partial charge < -0.3 is 4.74 Å². The van der Waals surface area contributed by atoms with Crippen LogP contribution in [-0.2, 0) is 0 Å². The molecule has 0 amide bonds. The minimum absolute atomic E-state index is 0.246. The van der Waals surface area contributed by atoms with Gasteiger partial charge in [-0.2, -0.15) is 0 Å². The first kappa shape index (κ1) is 11.2. The maximum atomic E-state index is 12.9. The van der Waals surface area contributed by atoms with Gasteiger partial charge in [0, 0.05) is 10.9 Å². The molecule has 1 aromatic rings. The average molecular weight is 259 g/mol. The van der Waals surface area contributed by atoms with Gasteiger partial charge in [-0.25, -0.2) is 4.39 Å². The van der Waals surface area contributed by atoms with E-state index in [1.54, 1.807) is 13.2 Å². The van der Waals surface area contributed by atoms with Crippen molar-refractivity contribution in [3.05, 3.63) is 35.7 Å². The lowest BCUT2D eigenvalue weighted by Gasteiger charge is -2.03. The van der Waals surface area contributed by atoms with E-state index in [9.17, 15) is 4.39 Å². The Hall–Kier alpha value is -0.830. The molecule has 0 heterocycles. The average Bonchev–Trinajstić information content (AvgIpc) is 2.19. The van der Waals surface area contributed by atoms with Crippen LogP contribution in [0.25, 0.3) is 6.08 Å². The number of hydrogen-bond acceptors (Lipinski definition) is 1. The highest BCUT2D eigenvalue weighted by Gasteiger charge is 2.00. The fourth-order valence-corrected chi connectivity index (χ4v) is 1.37. The van der Waals surface area contributed by atoms with Gasteiger partial charge in [-0.3, -0.25) is 0 Å². The fourth-order valence-electron chi connectivity index (χ4n) is 1.11. The molecule has 0 aliphatic rings. The zero-order chi connectivity index (χ0) is 10.4. The molecule has 0 saturated carbocycles. The molecule has 0 saturated heterocycles. The van der Waals surface area contributed by atoms with Crippen molar-refractivity contribution < 1.29 is 9.13 Å². The third-order valence-corrected chi connectivity index (χ3v) is 2.22. The first-order valence-corrected chi connectivity index (χ1v) is 5.46. The van der Waals surface area contributed by atoms with E-state index in [1.807, 2.05) is 12.2 Å². The largest absolute Gasteiger partial charge is 0.496 e. The molecule has 0 bridgehead atoms. The number of rotatable bonds is 4. The second kappa shape index (κ2) is 5.81. The Morgan fingerprint density at radius 1 is 1.50 bits per heavy atom. The normalized spacial score (nSPS) is 10.8. The Balaban J connectivity index is 2.87. The van der Waals surface area contributed by atoms with Gasteiger partial charge in [0.25, 0.3) is 0 Å². The minimum Gasteiger partial charge on any atom is -0.496 e. The fraction of sp³-hybridized carbons (Fsp3) is 0.273. The van der Waals surface area contributed by atoms with Crippen LogP contribution in [0.15, 0.2) is 24.3 Å². The molecule has 76 valence electrons. The molecule has 3 heteroatoms. The van der Waals surface area contributed by atoms with Gasteiger partial charge in [0.15, 0.2) is 0 Å². The van der Waals surface area contributed by atoms with Crippen molar-refractivity contribution in [3.63, 3.8) is 0 Å². The minimum atomic E-state index is -0.246. The van der Waals surface area contributed by atoms with E-state index < -0.39 is 0 Å². The summed E-state index contributed by atoms with van der Waals surface area (Å²) in [5.74, 6) is 0.446. The Morgan fingerprint density at radius 3 is 2.93 bits per heavy atom. The Morgan fingerprint density at radius 2 is 2.29 bits per heavy atom. The number of methoxy groups -OCH3 is 1. The van der Waals surface area contributed by atoms with Crippen LogP contribution in [0.4, 0.5) is 4.39 Å². The standard InChI is InChI=1S/C11H12BrFO/c1-14-11-6-5-10(13)8-9(11)4-2-3-7-12/h2,4-6,8H,3,7H2,1H3. The number of halogens is 2.